The number of piperidine rings is 1. The van der Waals surface area contributed by atoms with Gasteiger partial charge in [0, 0.05) is 25.2 Å². The fourth-order valence-corrected chi connectivity index (χ4v) is 2.92. The van der Waals surface area contributed by atoms with Crippen molar-refractivity contribution in [3.05, 3.63) is 46.7 Å². The molecule has 0 unspecified atom stereocenters. The number of halogens is 1. The molecule has 3 N–H and O–H groups in total. The van der Waals surface area contributed by atoms with Crippen molar-refractivity contribution in [1.29, 1.82) is 0 Å². The monoisotopic (exact) mass is 348 g/mol. The van der Waals surface area contributed by atoms with Gasteiger partial charge in [-0.3, -0.25) is 9.89 Å². The van der Waals surface area contributed by atoms with Crippen LogP contribution in [0.1, 0.15) is 33.8 Å². The first-order valence-electron chi connectivity index (χ1n) is 7.63. The van der Waals surface area contributed by atoms with Crippen molar-refractivity contribution in [3.63, 3.8) is 0 Å². The summed E-state index contributed by atoms with van der Waals surface area (Å²) in [6.07, 6.45) is 1.57. The van der Waals surface area contributed by atoms with Crippen molar-refractivity contribution in [2.45, 2.75) is 18.9 Å². The SMILES string of the molecule is O=C(O)c1cc(C(=O)N2CCC(Nc3ccccc3Cl)CC2)n[nH]1. The third-order valence-electron chi connectivity index (χ3n) is 4.04. The van der Waals surface area contributed by atoms with E-state index in [0.29, 0.717) is 18.1 Å². The molecule has 0 atom stereocenters. The molecule has 7 nitrogen and oxygen atoms in total. The highest BCUT2D eigenvalue weighted by molar-refractivity contribution is 6.33. The van der Waals surface area contributed by atoms with Crippen LogP contribution >= 0.6 is 11.6 Å². The molecule has 0 bridgehead atoms. The first-order chi connectivity index (χ1) is 11.5. The van der Waals surface area contributed by atoms with Gasteiger partial charge in [-0.15, -0.1) is 0 Å². The molecule has 1 aliphatic heterocycles. The summed E-state index contributed by atoms with van der Waals surface area (Å²) >= 11 is 6.14. The molecule has 8 heteroatoms. The number of anilines is 1. The molecular formula is C16H17ClN4O3. The molecule has 1 aromatic carbocycles. The maximum atomic E-state index is 12.4. The molecule has 24 heavy (non-hydrogen) atoms. The van der Waals surface area contributed by atoms with Crippen molar-refractivity contribution in [2.24, 2.45) is 0 Å². The van der Waals surface area contributed by atoms with E-state index >= 15 is 0 Å². The first-order valence-corrected chi connectivity index (χ1v) is 8.01. The van der Waals surface area contributed by atoms with E-state index in [9.17, 15) is 9.59 Å². The van der Waals surface area contributed by atoms with Gasteiger partial charge in [0.2, 0.25) is 0 Å². The van der Waals surface area contributed by atoms with Gasteiger partial charge >= 0.3 is 5.97 Å². The number of carboxylic acid groups (broad SMARTS) is 1. The molecule has 0 radical (unpaired) electrons. The molecule has 0 saturated carbocycles. The number of aromatic carboxylic acids is 1. The molecule has 0 aliphatic carbocycles. The lowest BCUT2D eigenvalue weighted by atomic mass is 10.0. The minimum absolute atomic E-state index is 0.0892. The van der Waals surface area contributed by atoms with Crippen LogP contribution in [0.3, 0.4) is 0 Å². The highest BCUT2D eigenvalue weighted by Gasteiger charge is 2.25. The van der Waals surface area contributed by atoms with E-state index in [1.165, 1.54) is 6.07 Å². The summed E-state index contributed by atoms with van der Waals surface area (Å²) in [4.78, 5) is 24.9. The Labute approximate surface area is 143 Å². The zero-order valence-electron chi connectivity index (χ0n) is 12.8. The molecule has 126 valence electrons. The number of nitrogens with one attached hydrogen (secondary N) is 2. The minimum Gasteiger partial charge on any atom is -0.477 e. The van der Waals surface area contributed by atoms with Gasteiger partial charge in [-0.1, -0.05) is 23.7 Å². The van der Waals surface area contributed by atoms with Crippen LogP contribution in [0.4, 0.5) is 5.69 Å². The normalized spacial score (nSPS) is 15.3. The predicted molar refractivity (Wildman–Crippen MR) is 89.5 cm³/mol. The number of aromatic nitrogens is 2. The second-order valence-corrected chi connectivity index (χ2v) is 6.07. The van der Waals surface area contributed by atoms with Crippen LogP contribution in [-0.4, -0.2) is 51.2 Å². The predicted octanol–water partition coefficient (Wildman–Crippen LogP) is 2.48. The lowest BCUT2D eigenvalue weighted by Gasteiger charge is -2.32. The van der Waals surface area contributed by atoms with Crippen LogP contribution in [0.15, 0.2) is 30.3 Å². The van der Waals surface area contributed by atoms with Crippen molar-refractivity contribution in [2.75, 3.05) is 18.4 Å². The van der Waals surface area contributed by atoms with Crippen LogP contribution in [0.2, 0.25) is 5.02 Å². The Bertz CT molecular complexity index is 753. The third kappa shape index (κ3) is 3.51. The molecule has 2 aromatic rings. The largest absolute Gasteiger partial charge is 0.477 e. The molecule has 1 fully saturated rings. The molecule has 1 aromatic heterocycles. The van der Waals surface area contributed by atoms with Crippen molar-refractivity contribution >= 4 is 29.2 Å². The summed E-state index contributed by atoms with van der Waals surface area (Å²) in [5.74, 6) is -1.39. The van der Waals surface area contributed by atoms with Gasteiger partial charge in [0.15, 0.2) is 5.69 Å². The number of aromatic amines is 1. The highest BCUT2D eigenvalue weighted by atomic mass is 35.5. The molecule has 0 spiro atoms. The van der Waals surface area contributed by atoms with Gasteiger partial charge in [-0.05, 0) is 25.0 Å². The van der Waals surface area contributed by atoms with E-state index in [0.717, 1.165) is 18.5 Å². The third-order valence-corrected chi connectivity index (χ3v) is 4.37. The van der Waals surface area contributed by atoms with Gasteiger partial charge in [0.25, 0.3) is 5.91 Å². The average Bonchev–Trinajstić information content (AvgIpc) is 3.07. The second kappa shape index (κ2) is 6.92. The molecular weight excluding hydrogens is 332 g/mol. The summed E-state index contributed by atoms with van der Waals surface area (Å²) in [7, 11) is 0. The average molecular weight is 349 g/mol. The Hall–Kier alpha value is -2.54. The summed E-state index contributed by atoms with van der Waals surface area (Å²) in [5, 5.41) is 19.1. The zero-order valence-corrected chi connectivity index (χ0v) is 13.6. The highest BCUT2D eigenvalue weighted by Crippen LogP contribution is 2.24. The molecule has 2 heterocycles. The van der Waals surface area contributed by atoms with E-state index in [1.54, 1.807) is 4.90 Å². The molecule has 1 amide bonds. The Balaban J connectivity index is 1.57. The van der Waals surface area contributed by atoms with Gasteiger partial charge in [-0.2, -0.15) is 5.10 Å². The molecule has 1 saturated heterocycles. The van der Waals surface area contributed by atoms with Crippen LogP contribution in [-0.2, 0) is 0 Å². The minimum atomic E-state index is -1.14. The standard InChI is InChI=1S/C16H17ClN4O3/c17-11-3-1-2-4-12(11)18-10-5-7-21(8-6-10)15(22)13-9-14(16(23)24)20-19-13/h1-4,9-10,18H,5-8H2,(H,19,20)(H,23,24). The number of hydrogen-bond donors (Lipinski definition) is 3. The zero-order chi connectivity index (χ0) is 17.1. The number of benzene rings is 1. The lowest BCUT2D eigenvalue weighted by Crippen LogP contribution is -2.42. The number of carboxylic acids is 1. The van der Waals surface area contributed by atoms with Gasteiger partial charge < -0.3 is 15.3 Å². The molecule has 3 rings (SSSR count). The van der Waals surface area contributed by atoms with Crippen molar-refractivity contribution < 1.29 is 14.7 Å². The van der Waals surface area contributed by atoms with E-state index in [2.05, 4.69) is 15.5 Å². The van der Waals surface area contributed by atoms with Gasteiger partial charge in [0.1, 0.15) is 5.69 Å². The van der Waals surface area contributed by atoms with E-state index in [1.807, 2.05) is 24.3 Å². The number of likely N-dealkylation sites (tertiary alicyclic amines) is 1. The number of carbonyl (C=O) groups excluding carboxylic acids is 1. The number of amides is 1. The van der Waals surface area contributed by atoms with E-state index in [4.69, 9.17) is 16.7 Å². The number of nitrogens with zero attached hydrogens (tertiary/aromatic N) is 2. The number of carbonyl (C=O) groups is 2. The lowest BCUT2D eigenvalue weighted by molar-refractivity contribution is 0.0689. The Morgan fingerprint density at radius 3 is 2.62 bits per heavy atom. The fourth-order valence-electron chi connectivity index (χ4n) is 2.73. The maximum Gasteiger partial charge on any atom is 0.353 e. The Morgan fingerprint density at radius 1 is 1.29 bits per heavy atom. The van der Waals surface area contributed by atoms with Crippen LogP contribution in [0.25, 0.3) is 0 Å². The fraction of sp³-hybridized carbons (Fsp3) is 0.312. The quantitative estimate of drug-likeness (QED) is 0.788. The van der Waals surface area contributed by atoms with Crippen LogP contribution in [0, 0.1) is 0 Å². The number of H-pyrrole nitrogens is 1. The van der Waals surface area contributed by atoms with Crippen molar-refractivity contribution in [3.8, 4) is 0 Å². The summed E-state index contributed by atoms with van der Waals surface area (Å²) in [6.45, 7) is 1.16. The van der Waals surface area contributed by atoms with Crippen molar-refractivity contribution in [1.82, 2.24) is 15.1 Å². The summed E-state index contributed by atoms with van der Waals surface area (Å²) in [5.41, 5.74) is 0.931. The van der Waals surface area contributed by atoms with Gasteiger partial charge in [-0.25, -0.2) is 4.79 Å². The second-order valence-electron chi connectivity index (χ2n) is 5.66. The topological polar surface area (TPSA) is 98.3 Å². The maximum absolute atomic E-state index is 12.4. The summed E-state index contributed by atoms with van der Waals surface area (Å²) < 4.78 is 0. The number of rotatable bonds is 4. The molecule has 1 aliphatic rings. The van der Waals surface area contributed by atoms with Crippen LogP contribution < -0.4 is 5.32 Å². The van der Waals surface area contributed by atoms with E-state index < -0.39 is 5.97 Å². The Kier molecular flexibility index (Phi) is 4.71. The summed E-state index contributed by atoms with van der Waals surface area (Å²) in [6, 6.07) is 9.06. The Morgan fingerprint density at radius 2 is 2.00 bits per heavy atom. The first kappa shape index (κ1) is 16.3. The van der Waals surface area contributed by atoms with Crippen LogP contribution in [0.5, 0.6) is 0 Å². The number of hydrogen-bond acceptors (Lipinski definition) is 4. The number of para-hydroxylation sites is 1. The van der Waals surface area contributed by atoms with E-state index in [-0.39, 0.29) is 23.3 Å². The van der Waals surface area contributed by atoms with Gasteiger partial charge in [0.05, 0.1) is 10.7 Å². The smallest absolute Gasteiger partial charge is 0.353 e.